The van der Waals surface area contributed by atoms with Crippen LogP contribution in [-0.4, -0.2) is 16.3 Å². The molecule has 6 heteroatoms. The standard InChI is InChI=1S/C4H8ClO3P.ClH/c5-4(6)2-1-3-9(7)8;/h9H,1-3H2,(H,7,8);1H. The molecular formula is C4H9Cl2O3P. The highest BCUT2D eigenvalue weighted by atomic mass is 35.5. The van der Waals surface area contributed by atoms with E-state index < -0.39 is 13.3 Å². The maximum Gasteiger partial charge on any atom is 0.221 e. The summed E-state index contributed by atoms with van der Waals surface area (Å²) in [5.41, 5.74) is 0. The Morgan fingerprint density at radius 3 is 2.40 bits per heavy atom. The first-order chi connectivity index (χ1) is 4.13. The molecule has 0 aromatic rings. The Bertz CT molecular complexity index is 114. The van der Waals surface area contributed by atoms with Crippen molar-refractivity contribution in [2.45, 2.75) is 12.8 Å². The van der Waals surface area contributed by atoms with Crippen LogP contribution in [0.4, 0.5) is 0 Å². The third-order valence-corrected chi connectivity index (χ3v) is 1.73. The monoisotopic (exact) mass is 206 g/mol. The minimum absolute atomic E-state index is 0. The van der Waals surface area contributed by atoms with Crippen LogP contribution in [0.1, 0.15) is 12.8 Å². The number of halogens is 2. The van der Waals surface area contributed by atoms with Crippen molar-refractivity contribution in [3.8, 4) is 0 Å². The molecule has 0 spiro atoms. The fraction of sp³-hybridized carbons (Fsp3) is 0.750. The molecule has 0 aliphatic heterocycles. The van der Waals surface area contributed by atoms with Crippen LogP contribution in [0.2, 0.25) is 0 Å². The molecule has 0 rings (SSSR count). The Hall–Kier alpha value is 0.440. The van der Waals surface area contributed by atoms with Crippen molar-refractivity contribution in [1.29, 1.82) is 0 Å². The summed E-state index contributed by atoms with van der Waals surface area (Å²) >= 11 is 4.95. The number of hydrogen-bond acceptors (Lipinski definition) is 2. The van der Waals surface area contributed by atoms with Crippen LogP contribution in [0, 0.1) is 0 Å². The molecule has 0 radical (unpaired) electrons. The molecule has 10 heavy (non-hydrogen) atoms. The van der Waals surface area contributed by atoms with E-state index in [2.05, 4.69) is 0 Å². The Balaban J connectivity index is 0. The summed E-state index contributed by atoms with van der Waals surface area (Å²) in [6.07, 6.45) is 0.804. The van der Waals surface area contributed by atoms with Crippen LogP contribution < -0.4 is 0 Å². The number of carbonyl (C=O) groups excluding carboxylic acids is 1. The van der Waals surface area contributed by atoms with Gasteiger partial charge in [-0.3, -0.25) is 9.36 Å². The Labute approximate surface area is 71.0 Å². The first-order valence-corrected chi connectivity index (χ1v) is 4.47. The molecule has 1 unspecified atom stereocenters. The minimum Gasteiger partial charge on any atom is -0.346 e. The van der Waals surface area contributed by atoms with Crippen molar-refractivity contribution in [2.24, 2.45) is 0 Å². The lowest BCUT2D eigenvalue weighted by Gasteiger charge is -1.89. The van der Waals surface area contributed by atoms with Crippen molar-refractivity contribution in [2.75, 3.05) is 6.16 Å². The molecular weight excluding hydrogens is 198 g/mol. The van der Waals surface area contributed by atoms with E-state index in [0.29, 0.717) is 6.42 Å². The summed E-state index contributed by atoms with van der Waals surface area (Å²) in [6.45, 7) is 0. The Morgan fingerprint density at radius 2 is 2.10 bits per heavy atom. The summed E-state index contributed by atoms with van der Waals surface area (Å²) in [5.74, 6) is 0. The Kier molecular flexibility index (Phi) is 9.86. The fourth-order valence-electron chi connectivity index (χ4n) is 0.379. The third-order valence-electron chi connectivity index (χ3n) is 0.764. The van der Waals surface area contributed by atoms with Crippen LogP contribution >= 0.6 is 32.0 Å². The molecule has 62 valence electrons. The molecule has 0 amide bonds. The molecule has 1 N–H and O–H groups in total. The molecule has 0 fully saturated rings. The maximum absolute atomic E-state index is 10.0. The van der Waals surface area contributed by atoms with Crippen LogP contribution in [0.3, 0.4) is 0 Å². The van der Waals surface area contributed by atoms with Gasteiger partial charge in [-0.1, -0.05) is 0 Å². The number of rotatable bonds is 4. The molecule has 0 bridgehead atoms. The van der Waals surface area contributed by atoms with Gasteiger partial charge >= 0.3 is 0 Å². The van der Waals surface area contributed by atoms with E-state index in [1.165, 1.54) is 0 Å². The zero-order valence-electron chi connectivity index (χ0n) is 5.17. The van der Waals surface area contributed by atoms with Crippen LogP contribution in [0.5, 0.6) is 0 Å². The maximum atomic E-state index is 10.0. The summed E-state index contributed by atoms with van der Waals surface area (Å²) < 4.78 is 10.0. The highest BCUT2D eigenvalue weighted by molar-refractivity contribution is 7.37. The van der Waals surface area contributed by atoms with Crippen molar-refractivity contribution in [3.63, 3.8) is 0 Å². The predicted molar refractivity (Wildman–Crippen MR) is 43.4 cm³/mol. The summed E-state index contributed by atoms with van der Waals surface area (Å²) in [6, 6.07) is 0. The molecule has 0 heterocycles. The van der Waals surface area contributed by atoms with Crippen LogP contribution in [0.15, 0.2) is 0 Å². The topological polar surface area (TPSA) is 54.4 Å². The van der Waals surface area contributed by atoms with Gasteiger partial charge in [-0.05, 0) is 18.0 Å². The van der Waals surface area contributed by atoms with Gasteiger partial charge in [0.05, 0.1) is 0 Å². The average Bonchev–Trinajstić information content (AvgIpc) is 1.63. The molecule has 0 saturated heterocycles. The van der Waals surface area contributed by atoms with Gasteiger partial charge in [0.2, 0.25) is 5.24 Å². The normalized spacial score (nSPS) is 11.8. The number of carbonyl (C=O) groups is 1. The second kappa shape index (κ2) is 7.55. The molecule has 0 saturated carbocycles. The molecule has 0 aliphatic carbocycles. The van der Waals surface area contributed by atoms with Gasteiger partial charge in [0, 0.05) is 12.6 Å². The quantitative estimate of drug-likeness (QED) is 0.560. The van der Waals surface area contributed by atoms with Gasteiger partial charge in [0.1, 0.15) is 0 Å². The summed E-state index contributed by atoms with van der Waals surface area (Å²) in [7, 11) is -2.39. The van der Waals surface area contributed by atoms with Crippen LogP contribution in [-0.2, 0) is 9.36 Å². The van der Waals surface area contributed by atoms with Gasteiger partial charge in [-0.2, -0.15) is 0 Å². The lowest BCUT2D eigenvalue weighted by atomic mass is 10.4. The largest absolute Gasteiger partial charge is 0.346 e. The first kappa shape index (κ1) is 13.1. The lowest BCUT2D eigenvalue weighted by Crippen LogP contribution is -1.86. The van der Waals surface area contributed by atoms with Gasteiger partial charge in [-0.15, -0.1) is 12.4 Å². The van der Waals surface area contributed by atoms with Gasteiger partial charge in [-0.25, -0.2) is 0 Å². The van der Waals surface area contributed by atoms with E-state index in [4.69, 9.17) is 16.5 Å². The second-order valence-corrected chi connectivity index (χ2v) is 3.31. The number of hydrogen-bond donors (Lipinski definition) is 1. The summed E-state index contributed by atoms with van der Waals surface area (Å²) in [5, 5.41) is -0.446. The van der Waals surface area contributed by atoms with E-state index in [-0.39, 0.29) is 25.0 Å². The third kappa shape index (κ3) is 11.3. The van der Waals surface area contributed by atoms with E-state index in [1.807, 2.05) is 0 Å². The molecule has 1 atom stereocenters. The molecule has 3 nitrogen and oxygen atoms in total. The van der Waals surface area contributed by atoms with Crippen LogP contribution in [0.25, 0.3) is 0 Å². The average molecular weight is 207 g/mol. The highest BCUT2D eigenvalue weighted by Gasteiger charge is 1.97. The zero-order chi connectivity index (χ0) is 7.28. The van der Waals surface area contributed by atoms with E-state index in [1.54, 1.807) is 0 Å². The Morgan fingerprint density at radius 1 is 1.60 bits per heavy atom. The highest BCUT2D eigenvalue weighted by Crippen LogP contribution is 2.15. The molecule has 0 aromatic carbocycles. The SMILES string of the molecule is Cl.O=C(Cl)CCC[PH](=O)O. The van der Waals surface area contributed by atoms with Gasteiger partial charge < -0.3 is 4.89 Å². The smallest absolute Gasteiger partial charge is 0.221 e. The molecule has 0 aliphatic rings. The first-order valence-electron chi connectivity index (χ1n) is 2.53. The molecule has 0 aromatic heterocycles. The van der Waals surface area contributed by atoms with Crippen molar-refractivity contribution in [3.05, 3.63) is 0 Å². The summed E-state index contributed by atoms with van der Waals surface area (Å²) in [4.78, 5) is 18.3. The fourth-order valence-corrected chi connectivity index (χ4v) is 0.991. The minimum atomic E-state index is -2.39. The predicted octanol–water partition coefficient (Wildman–Crippen LogP) is 1.42. The van der Waals surface area contributed by atoms with Crippen molar-refractivity contribution < 1.29 is 14.3 Å². The zero-order valence-corrected chi connectivity index (χ0v) is 7.74. The van der Waals surface area contributed by atoms with Crippen molar-refractivity contribution in [1.82, 2.24) is 0 Å². The van der Waals surface area contributed by atoms with E-state index in [0.717, 1.165) is 0 Å². The van der Waals surface area contributed by atoms with E-state index in [9.17, 15) is 9.36 Å². The van der Waals surface area contributed by atoms with E-state index >= 15 is 0 Å². The van der Waals surface area contributed by atoms with Crippen molar-refractivity contribution >= 4 is 37.3 Å². The van der Waals surface area contributed by atoms with Gasteiger partial charge in [0.25, 0.3) is 0 Å². The lowest BCUT2D eigenvalue weighted by molar-refractivity contribution is -0.111. The second-order valence-electron chi connectivity index (χ2n) is 1.60. The van der Waals surface area contributed by atoms with Gasteiger partial charge in [0.15, 0.2) is 8.03 Å².